The lowest BCUT2D eigenvalue weighted by atomic mass is 9.85. The number of esters is 1. The van der Waals surface area contributed by atoms with E-state index < -0.39 is 0 Å². The number of carbonyl (C=O) groups excluding carboxylic acids is 1. The molecular weight excluding hydrogens is 254 g/mol. The summed E-state index contributed by atoms with van der Waals surface area (Å²) < 4.78 is 5.52. The van der Waals surface area contributed by atoms with Crippen LogP contribution in [-0.4, -0.2) is 23.7 Å². The molecule has 0 heterocycles. The first-order valence-electron chi connectivity index (χ1n) is 7.39. The van der Waals surface area contributed by atoms with Gasteiger partial charge in [-0.3, -0.25) is 4.79 Å². The van der Waals surface area contributed by atoms with Gasteiger partial charge < -0.3 is 15.2 Å². The molecule has 20 heavy (non-hydrogen) atoms. The lowest BCUT2D eigenvalue weighted by molar-refractivity contribution is -0.149. The predicted octanol–water partition coefficient (Wildman–Crippen LogP) is 3.32. The van der Waals surface area contributed by atoms with Crippen LogP contribution in [0.15, 0.2) is 24.3 Å². The van der Waals surface area contributed by atoms with Crippen LogP contribution in [0.25, 0.3) is 0 Å². The molecule has 1 aromatic carbocycles. The maximum Gasteiger partial charge on any atom is 0.325 e. The van der Waals surface area contributed by atoms with Crippen LogP contribution in [0.3, 0.4) is 0 Å². The average molecular weight is 277 g/mol. The van der Waals surface area contributed by atoms with Crippen LogP contribution in [0, 0.1) is 5.92 Å². The van der Waals surface area contributed by atoms with E-state index in [1.54, 1.807) is 24.3 Å². The van der Waals surface area contributed by atoms with Gasteiger partial charge in [-0.2, -0.15) is 0 Å². The quantitative estimate of drug-likeness (QED) is 0.640. The van der Waals surface area contributed by atoms with Gasteiger partial charge in [0.15, 0.2) is 0 Å². The number of hydrogen-bond acceptors (Lipinski definition) is 4. The van der Waals surface area contributed by atoms with Gasteiger partial charge in [-0.25, -0.2) is 0 Å². The van der Waals surface area contributed by atoms with E-state index in [-0.39, 0.29) is 24.4 Å². The van der Waals surface area contributed by atoms with Crippen LogP contribution in [0.2, 0.25) is 0 Å². The Bertz CT molecular complexity index is 430. The van der Waals surface area contributed by atoms with E-state index in [9.17, 15) is 9.90 Å². The van der Waals surface area contributed by atoms with Crippen molar-refractivity contribution in [1.82, 2.24) is 0 Å². The van der Waals surface area contributed by atoms with Gasteiger partial charge in [0.2, 0.25) is 0 Å². The van der Waals surface area contributed by atoms with E-state index in [1.807, 2.05) is 0 Å². The number of benzene rings is 1. The number of aromatic hydroxyl groups is 1. The molecule has 2 N–H and O–H groups in total. The van der Waals surface area contributed by atoms with E-state index >= 15 is 0 Å². The lowest BCUT2D eigenvalue weighted by Crippen LogP contribution is -2.28. The minimum absolute atomic E-state index is 0.0859. The van der Waals surface area contributed by atoms with Gasteiger partial charge in [0.25, 0.3) is 0 Å². The van der Waals surface area contributed by atoms with Crippen LogP contribution in [0.4, 0.5) is 5.69 Å². The van der Waals surface area contributed by atoms with Crippen molar-refractivity contribution in [3.63, 3.8) is 0 Å². The van der Waals surface area contributed by atoms with Gasteiger partial charge in [-0.05, 0) is 49.4 Å². The van der Waals surface area contributed by atoms with E-state index in [2.05, 4.69) is 12.2 Å². The van der Waals surface area contributed by atoms with Crippen molar-refractivity contribution >= 4 is 11.7 Å². The van der Waals surface area contributed by atoms with Crippen molar-refractivity contribution in [2.24, 2.45) is 5.92 Å². The molecule has 0 saturated heterocycles. The number of rotatable bonds is 5. The second-order valence-electron chi connectivity index (χ2n) is 5.45. The third-order valence-electron chi connectivity index (χ3n) is 3.91. The maximum absolute atomic E-state index is 11.8. The van der Waals surface area contributed by atoms with E-state index in [0.29, 0.717) is 5.92 Å². The standard InChI is InChI=1S/C16H23NO3/c1-2-12-4-3-5-15(10-12)20-16(19)11-17-13-6-8-14(18)9-7-13/h6-9,12,15,17-18H,2-5,10-11H2,1H3. The zero-order chi connectivity index (χ0) is 14.4. The van der Waals surface area contributed by atoms with Gasteiger partial charge >= 0.3 is 5.97 Å². The Kier molecular flexibility index (Phi) is 5.27. The number of ether oxygens (including phenoxy) is 1. The first-order chi connectivity index (χ1) is 9.67. The molecule has 1 fully saturated rings. The van der Waals surface area contributed by atoms with Crippen molar-refractivity contribution in [1.29, 1.82) is 0 Å². The molecule has 1 aromatic rings. The van der Waals surface area contributed by atoms with Gasteiger partial charge in [-0.15, -0.1) is 0 Å². The molecule has 1 aliphatic carbocycles. The average Bonchev–Trinajstić information content (AvgIpc) is 2.47. The summed E-state index contributed by atoms with van der Waals surface area (Å²) in [4.78, 5) is 11.8. The molecule has 0 spiro atoms. The molecule has 1 saturated carbocycles. The molecule has 4 heteroatoms. The maximum atomic E-state index is 11.8. The zero-order valence-corrected chi connectivity index (χ0v) is 12.0. The minimum atomic E-state index is -0.208. The van der Waals surface area contributed by atoms with Crippen LogP contribution >= 0.6 is 0 Å². The molecule has 0 bridgehead atoms. The fourth-order valence-corrected chi connectivity index (χ4v) is 2.70. The largest absolute Gasteiger partial charge is 0.508 e. The second kappa shape index (κ2) is 7.17. The number of hydrogen-bond donors (Lipinski definition) is 2. The van der Waals surface area contributed by atoms with Crippen LogP contribution in [0.1, 0.15) is 39.0 Å². The first-order valence-corrected chi connectivity index (χ1v) is 7.39. The van der Waals surface area contributed by atoms with Crippen LogP contribution < -0.4 is 5.32 Å². The molecule has 0 amide bonds. The Morgan fingerprint density at radius 2 is 2.10 bits per heavy atom. The summed E-state index contributed by atoms with van der Waals surface area (Å²) in [6, 6.07) is 6.63. The molecule has 4 nitrogen and oxygen atoms in total. The third kappa shape index (κ3) is 4.44. The summed E-state index contributed by atoms with van der Waals surface area (Å²) in [6.45, 7) is 2.36. The zero-order valence-electron chi connectivity index (χ0n) is 12.0. The SMILES string of the molecule is CCC1CCCC(OC(=O)CNc2ccc(O)cc2)C1. The third-order valence-corrected chi connectivity index (χ3v) is 3.91. The van der Waals surface area contributed by atoms with Crippen LogP contribution in [0.5, 0.6) is 5.75 Å². The Labute approximate surface area is 120 Å². The number of anilines is 1. The van der Waals surface area contributed by atoms with E-state index in [0.717, 1.165) is 24.9 Å². The van der Waals surface area contributed by atoms with Crippen molar-refractivity contribution in [3.8, 4) is 5.75 Å². The molecule has 2 unspecified atom stereocenters. The smallest absolute Gasteiger partial charge is 0.325 e. The number of carbonyl (C=O) groups is 1. The van der Waals surface area contributed by atoms with Crippen molar-refractivity contribution in [3.05, 3.63) is 24.3 Å². The lowest BCUT2D eigenvalue weighted by Gasteiger charge is -2.28. The van der Waals surface area contributed by atoms with Crippen molar-refractivity contribution < 1.29 is 14.6 Å². The van der Waals surface area contributed by atoms with Gasteiger partial charge in [-0.1, -0.05) is 19.8 Å². The Morgan fingerprint density at radius 3 is 2.80 bits per heavy atom. The molecule has 110 valence electrons. The Hall–Kier alpha value is -1.71. The van der Waals surface area contributed by atoms with E-state index in [1.165, 1.54) is 12.8 Å². The molecule has 2 rings (SSSR count). The highest BCUT2D eigenvalue weighted by Gasteiger charge is 2.23. The minimum Gasteiger partial charge on any atom is -0.508 e. The highest BCUT2D eigenvalue weighted by Crippen LogP contribution is 2.28. The van der Waals surface area contributed by atoms with Gasteiger partial charge in [0.05, 0.1) is 0 Å². The van der Waals surface area contributed by atoms with Crippen LogP contribution in [-0.2, 0) is 9.53 Å². The summed E-state index contributed by atoms with van der Waals surface area (Å²) in [5.41, 5.74) is 0.801. The fraction of sp³-hybridized carbons (Fsp3) is 0.562. The van der Waals surface area contributed by atoms with Crippen molar-refractivity contribution in [2.45, 2.75) is 45.1 Å². The van der Waals surface area contributed by atoms with Gasteiger partial charge in [0.1, 0.15) is 18.4 Å². The second-order valence-corrected chi connectivity index (χ2v) is 5.45. The van der Waals surface area contributed by atoms with Crippen molar-refractivity contribution in [2.75, 3.05) is 11.9 Å². The Morgan fingerprint density at radius 1 is 1.35 bits per heavy atom. The molecule has 0 aliphatic heterocycles. The first kappa shape index (κ1) is 14.7. The van der Waals surface area contributed by atoms with Gasteiger partial charge in [0, 0.05) is 5.69 Å². The fourth-order valence-electron chi connectivity index (χ4n) is 2.70. The molecule has 2 atom stereocenters. The monoisotopic (exact) mass is 277 g/mol. The summed E-state index contributed by atoms with van der Waals surface area (Å²) >= 11 is 0. The topological polar surface area (TPSA) is 58.6 Å². The summed E-state index contributed by atoms with van der Waals surface area (Å²) in [5, 5.41) is 12.2. The normalized spacial score (nSPS) is 22.2. The number of phenolic OH excluding ortho intramolecular Hbond substituents is 1. The highest BCUT2D eigenvalue weighted by atomic mass is 16.5. The Balaban J connectivity index is 1.73. The summed E-state index contributed by atoms with van der Waals surface area (Å²) in [7, 11) is 0. The molecular formula is C16H23NO3. The number of phenols is 1. The molecule has 0 aromatic heterocycles. The summed E-state index contributed by atoms with van der Waals surface area (Å²) in [5.74, 6) is 0.706. The highest BCUT2D eigenvalue weighted by molar-refractivity contribution is 5.75. The molecule has 0 radical (unpaired) electrons. The van der Waals surface area contributed by atoms with E-state index in [4.69, 9.17) is 4.74 Å². The summed E-state index contributed by atoms with van der Waals surface area (Å²) in [6.07, 6.45) is 5.66. The predicted molar refractivity (Wildman–Crippen MR) is 78.7 cm³/mol. The number of nitrogens with one attached hydrogen (secondary N) is 1. The molecule has 1 aliphatic rings.